The van der Waals surface area contributed by atoms with Gasteiger partial charge in [-0.1, -0.05) is 6.92 Å². The van der Waals surface area contributed by atoms with E-state index in [0.717, 1.165) is 38.3 Å². The number of pyridine rings is 1. The molecule has 1 saturated heterocycles. The largest absolute Gasteiger partial charge is 0.379 e. The molecule has 0 bridgehead atoms. The summed E-state index contributed by atoms with van der Waals surface area (Å²) in [5.74, 6) is 1.47. The van der Waals surface area contributed by atoms with Crippen LogP contribution in [0.3, 0.4) is 0 Å². The number of hydrogen-bond donors (Lipinski definition) is 2. The quantitative estimate of drug-likeness (QED) is 0.854. The van der Waals surface area contributed by atoms with Crippen molar-refractivity contribution in [3.8, 4) is 0 Å². The van der Waals surface area contributed by atoms with Gasteiger partial charge in [-0.3, -0.25) is 4.98 Å². The number of aromatic nitrogens is 3. The summed E-state index contributed by atoms with van der Waals surface area (Å²) in [6.45, 7) is 3.74. The minimum absolute atomic E-state index is 0.172. The third-order valence-electron chi connectivity index (χ3n) is 3.99. The average molecular weight is 313 g/mol. The Morgan fingerprint density at radius 2 is 2.13 bits per heavy atom. The fraction of sp³-hybridized carbons (Fsp3) is 0.471. The molecule has 0 aliphatic carbocycles. The summed E-state index contributed by atoms with van der Waals surface area (Å²) in [7, 11) is 0. The molecule has 2 N–H and O–H groups in total. The smallest absolute Gasteiger partial charge is 0.225 e. The van der Waals surface area contributed by atoms with Crippen molar-refractivity contribution < 1.29 is 4.74 Å². The predicted octanol–water partition coefficient (Wildman–Crippen LogP) is 3.03. The lowest BCUT2D eigenvalue weighted by atomic mass is 10.1. The lowest BCUT2D eigenvalue weighted by Crippen LogP contribution is -2.30. The highest BCUT2D eigenvalue weighted by atomic mass is 16.5. The van der Waals surface area contributed by atoms with E-state index in [2.05, 4.69) is 32.5 Å². The summed E-state index contributed by atoms with van der Waals surface area (Å²) in [5.41, 5.74) is 1.19. The van der Waals surface area contributed by atoms with E-state index in [4.69, 9.17) is 4.74 Å². The van der Waals surface area contributed by atoms with Gasteiger partial charge in [0, 0.05) is 25.2 Å². The zero-order valence-corrected chi connectivity index (χ0v) is 13.4. The van der Waals surface area contributed by atoms with Gasteiger partial charge in [-0.25, -0.2) is 4.98 Å². The van der Waals surface area contributed by atoms with Crippen LogP contribution >= 0.6 is 0 Å². The summed E-state index contributed by atoms with van der Waals surface area (Å²) < 4.78 is 5.50. The minimum atomic E-state index is 0.172. The van der Waals surface area contributed by atoms with Crippen LogP contribution in [0.25, 0.3) is 0 Å². The van der Waals surface area contributed by atoms with E-state index < -0.39 is 0 Å². The molecule has 122 valence electrons. The van der Waals surface area contributed by atoms with Crippen LogP contribution in [0, 0.1) is 0 Å². The molecule has 3 heterocycles. The zero-order valence-electron chi connectivity index (χ0n) is 13.4. The Morgan fingerprint density at radius 1 is 1.26 bits per heavy atom. The van der Waals surface area contributed by atoms with Crippen molar-refractivity contribution in [1.29, 1.82) is 0 Å². The van der Waals surface area contributed by atoms with E-state index in [1.165, 1.54) is 5.56 Å². The van der Waals surface area contributed by atoms with Crippen molar-refractivity contribution >= 4 is 11.8 Å². The highest BCUT2D eigenvalue weighted by Gasteiger charge is 2.15. The van der Waals surface area contributed by atoms with Gasteiger partial charge in [0.2, 0.25) is 5.95 Å². The highest BCUT2D eigenvalue weighted by Crippen LogP contribution is 2.21. The van der Waals surface area contributed by atoms with E-state index in [1.807, 2.05) is 30.6 Å². The van der Waals surface area contributed by atoms with E-state index >= 15 is 0 Å². The van der Waals surface area contributed by atoms with Crippen LogP contribution in [-0.4, -0.2) is 34.2 Å². The van der Waals surface area contributed by atoms with Gasteiger partial charge in [-0.2, -0.15) is 4.98 Å². The van der Waals surface area contributed by atoms with Crippen LogP contribution < -0.4 is 10.6 Å². The maximum atomic E-state index is 5.50. The van der Waals surface area contributed by atoms with E-state index in [1.54, 1.807) is 6.20 Å². The Hall–Kier alpha value is -2.21. The summed E-state index contributed by atoms with van der Waals surface area (Å²) in [4.78, 5) is 13.0. The van der Waals surface area contributed by atoms with Gasteiger partial charge < -0.3 is 15.4 Å². The normalized spacial score (nSPS) is 19.1. The van der Waals surface area contributed by atoms with Gasteiger partial charge in [-0.15, -0.1) is 0 Å². The number of ether oxygens (including phenoxy) is 1. The first kappa shape index (κ1) is 15.7. The second-order valence-corrected chi connectivity index (χ2v) is 5.71. The number of nitrogens with zero attached hydrogens (tertiary/aromatic N) is 3. The van der Waals surface area contributed by atoms with Crippen LogP contribution in [0.2, 0.25) is 0 Å². The van der Waals surface area contributed by atoms with Crippen LogP contribution in [-0.2, 0) is 4.74 Å². The Balaban J connectivity index is 1.66. The molecule has 0 amide bonds. The molecule has 2 unspecified atom stereocenters. The first-order valence-corrected chi connectivity index (χ1v) is 8.19. The molecule has 1 aliphatic rings. The maximum Gasteiger partial charge on any atom is 0.225 e. The molecule has 0 saturated carbocycles. The van der Waals surface area contributed by atoms with E-state index in [9.17, 15) is 0 Å². The van der Waals surface area contributed by atoms with Crippen LogP contribution in [0.5, 0.6) is 0 Å². The van der Waals surface area contributed by atoms with Gasteiger partial charge in [0.05, 0.1) is 18.7 Å². The number of rotatable bonds is 6. The van der Waals surface area contributed by atoms with Crippen molar-refractivity contribution in [2.75, 3.05) is 23.8 Å². The molecule has 2 atom stereocenters. The second kappa shape index (κ2) is 7.87. The molecule has 3 rings (SSSR count). The number of nitrogens with one attached hydrogen (secondary N) is 2. The molecule has 6 nitrogen and oxygen atoms in total. The van der Waals surface area contributed by atoms with Gasteiger partial charge in [-0.05, 0) is 43.0 Å². The van der Waals surface area contributed by atoms with Gasteiger partial charge >= 0.3 is 0 Å². The first-order valence-electron chi connectivity index (χ1n) is 8.19. The fourth-order valence-corrected chi connectivity index (χ4v) is 2.75. The van der Waals surface area contributed by atoms with Crippen molar-refractivity contribution in [1.82, 2.24) is 15.0 Å². The fourth-order valence-electron chi connectivity index (χ4n) is 2.75. The van der Waals surface area contributed by atoms with Crippen LogP contribution in [0.1, 0.15) is 37.8 Å². The summed E-state index contributed by atoms with van der Waals surface area (Å²) >= 11 is 0. The highest BCUT2D eigenvalue weighted by molar-refractivity contribution is 5.41. The first-order chi connectivity index (χ1) is 11.3. The summed E-state index contributed by atoms with van der Waals surface area (Å²) in [6, 6.07) is 6.43. The lowest BCUT2D eigenvalue weighted by Gasteiger charge is -2.24. The van der Waals surface area contributed by atoms with Crippen molar-refractivity contribution in [2.45, 2.75) is 38.3 Å². The van der Waals surface area contributed by atoms with Crippen molar-refractivity contribution in [2.24, 2.45) is 0 Å². The zero-order chi connectivity index (χ0) is 15.9. The van der Waals surface area contributed by atoms with E-state index in [-0.39, 0.29) is 6.04 Å². The minimum Gasteiger partial charge on any atom is -0.379 e. The molecule has 0 spiro atoms. The van der Waals surface area contributed by atoms with Crippen molar-refractivity contribution in [3.05, 3.63) is 42.4 Å². The van der Waals surface area contributed by atoms with Gasteiger partial charge in [0.15, 0.2) is 0 Å². The maximum absolute atomic E-state index is 5.50. The van der Waals surface area contributed by atoms with Crippen LogP contribution in [0.15, 0.2) is 36.8 Å². The molecule has 0 radical (unpaired) electrons. The molecule has 0 aromatic carbocycles. The van der Waals surface area contributed by atoms with Crippen LogP contribution in [0.4, 0.5) is 11.8 Å². The molecular formula is C17H23N5O. The van der Waals surface area contributed by atoms with Crippen molar-refractivity contribution in [3.63, 3.8) is 0 Å². The third kappa shape index (κ3) is 4.39. The Morgan fingerprint density at radius 3 is 2.87 bits per heavy atom. The number of anilines is 2. The number of hydrogen-bond acceptors (Lipinski definition) is 6. The molecule has 2 aromatic rings. The molecule has 1 fully saturated rings. The monoisotopic (exact) mass is 313 g/mol. The Labute approximate surface area is 136 Å². The SMILES string of the molecule is CCC(Nc1nccc(NC2CCCOC2)n1)c1ccncc1. The van der Waals surface area contributed by atoms with Gasteiger partial charge in [0.1, 0.15) is 5.82 Å². The molecule has 2 aromatic heterocycles. The molecule has 23 heavy (non-hydrogen) atoms. The molecule has 6 heteroatoms. The topological polar surface area (TPSA) is 72.0 Å². The standard InChI is InChI=1S/C17H23N5O/c1-2-15(13-5-8-18-9-6-13)21-17-19-10-7-16(22-17)20-14-4-3-11-23-12-14/h5-10,14-15H,2-4,11-12H2,1H3,(H2,19,20,21,22). The third-order valence-corrected chi connectivity index (χ3v) is 3.99. The summed E-state index contributed by atoms with van der Waals surface area (Å²) in [5, 5.41) is 6.83. The molecule has 1 aliphatic heterocycles. The lowest BCUT2D eigenvalue weighted by molar-refractivity contribution is 0.0875. The summed E-state index contributed by atoms with van der Waals surface area (Å²) in [6.07, 6.45) is 8.54. The second-order valence-electron chi connectivity index (χ2n) is 5.71. The van der Waals surface area contributed by atoms with E-state index in [0.29, 0.717) is 12.0 Å². The van der Waals surface area contributed by atoms with Gasteiger partial charge in [0.25, 0.3) is 0 Å². The Bertz CT molecular complexity index is 601. The predicted molar refractivity (Wildman–Crippen MR) is 90.4 cm³/mol. The average Bonchev–Trinajstić information content (AvgIpc) is 2.62. The Kier molecular flexibility index (Phi) is 5.37. The molecular weight excluding hydrogens is 290 g/mol.